The van der Waals surface area contributed by atoms with Gasteiger partial charge < -0.3 is 4.98 Å². The van der Waals surface area contributed by atoms with Gasteiger partial charge in [-0.2, -0.15) is 0 Å². The fourth-order valence-electron chi connectivity index (χ4n) is 7.91. The molecule has 1 aliphatic rings. The number of H-pyrrole nitrogens is 1. The minimum atomic E-state index is 0.883. The minimum Gasteiger partial charge on any atom is -0.355 e. The molecule has 8 rings (SSSR count). The molecule has 0 fully saturated rings. The van der Waals surface area contributed by atoms with Crippen LogP contribution in [0, 0.1) is 0 Å². The van der Waals surface area contributed by atoms with Crippen molar-refractivity contribution in [3.8, 4) is 11.1 Å². The van der Waals surface area contributed by atoms with Crippen molar-refractivity contribution in [1.29, 1.82) is 0 Å². The summed E-state index contributed by atoms with van der Waals surface area (Å²) in [5, 5.41) is 5.22. The molecule has 55 heavy (non-hydrogen) atoms. The summed E-state index contributed by atoms with van der Waals surface area (Å²) >= 11 is 3.77. The van der Waals surface area contributed by atoms with Gasteiger partial charge in [-0.25, -0.2) is 0 Å². The maximum absolute atomic E-state index is 3.69. The summed E-state index contributed by atoms with van der Waals surface area (Å²) in [7, 11) is 0. The van der Waals surface area contributed by atoms with Crippen molar-refractivity contribution < 1.29 is 0 Å². The smallest absolute Gasteiger partial charge is 0.0465 e. The van der Waals surface area contributed by atoms with Gasteiger partial charge in [-0.15, -0.1) is 23.1 Å². The van der Waals surface area contributed by atoms with Gasteiger partial charge in [0.2, 0.25) is 0 Å². The molecule has 5 aromatic carbocycles. The average Bonchev–Trinajstić information content (AvgIpc) is 3.79. The van der Waals surface area contributed by atoms with Crippen LogP contribution in [0.25, 0.3) is 69.8 Å². The lowest BCUT2D eigenvalue weighted by molar-refractivity contribution is 0.978. The first-order chi connectivity index (χ1) is 27.0. The largest absolute Gasteiger partial charge is 0.355 e. The SMILES string of the molecule is C\C=C/C(=C\C=C\C)c1cccc(C/C=C\C=C(/C)c2ccc3[nH]c4ccc(-c5cccc6c5sc5c(C7=CC=C(C)CC7)cccc56)cc4c3c2)c1SC. The zero-order valence-electron chi connectivity index (χ0n) is 32.4. The predicted molar refractivity (Wildman–Crippen MR) is 247 cm³/mol. The Bertz CT molecular complexity index is 2800. The lowest BCUT2D eigenvalue weighted by Crippen LogP contribution is -1.92. The van der Waals surface area contributed by atoms with Crippen LogP contribution in [0.5, 0.6) is 0 Å². The quantitative estimate of drug-likeness (QED) is 0.109. The third-order valence-corrected chi connectivity index (χ3v) is 13.0. The molecule has 0 radical (unpaired) electrons. The molecule has 1 aliphatic carbocycles. The Morgan fingerprint density at radius 1 is 0.745 bits per heavy atom. The number of nitrogens with one attached hydrogen (secondary N) is 1. The van der Waals surface area contributed by atoms with E-state index in [1.165, 1.54) is 103 Å². The van der Waals surface area contributed by atoms with Crippen LogP contribution in [0.15, 0.2) is 162 Å². The monoisotopic (exact) mass is 749 g/mol. The highest BCUT2D eigenvalue weighted by Crippen LogP contribution is 2.44. The van der Waals surface area contributed by atoms with Crippen LogP contribution in [-0.2, 0) is 6.42 Å². The molecule has 0 saturated carbocycles. The maximum atomic E-state index is 3.69. The third-order valence-electron chi connectivity index (χ3n) is 10.8. The molecule has 3 heteroatoms. The molecule has 0 saturated heterocycles. The van der Waals surface area contributed by atoms with Crippen molar-refractivity contribution in [2.75, 3.05) is 6.26 Å². The summed E-state index contributed by atoms with van der Waals surface area (Å²) < 4.78 is 2.76. The first kappa shape index (κ1) is 36.6. The summed E-state index contributed by atoms with van der Waals surface area (Å²) in [6, 6.07) is 34.1. The van der Waals surface area contributed by atoms with Crippen molar-refractivity contribution in [3.05, 3.63) is 180 Å². The van der Waals surface area contributed by atoms with Crippen LogP contribution in [0.1, 0.15) is 62.8 Å². The summed E-state index contributed by atoms with van der Waals surface area (Å²) in [6.45, 7) is 8.58. The van der Waals surface area contributed by atoms with Crippen LogP contribution >= 0.6 is 23.1 Å². The van der Waals surface area contributed by atoms with Crippen molar-refractivity contribution in [2.45, 2.75) is 51.9 Å². The van der Waals surface area contributed by atoms with Crippen LogP contribution in [0.4, 0.5) is 0 Å². The summed E-state index contributed by atoms with van der Waals surface area (Å²) in [5.41, 5.74) is 15.5. The highest BCUT2D eigenvalue weighted by molar-refractivity contribution is 7.98. The Balaban J connectivity index is 1.10. The number of rotatable bonds is 10. The van der Waals surface area contributed by atoms with Crippen molar-refractivity contribution in [2.24, 2.45) is 0 Å². The second-order valence-corrected chi connectivity index (χ2v) is 16.3. The van der Waals surface area contributed by atoms with Gasteiger partial charge in [0.25, 0.3) is 0 Å². The molecule has 2 aromatic heterocycles. The van der Waals surface area contributed by atoms with Crippen LogP contribution in [-0.4, -0.2) is 11.2 Å². The molecule has 1 N–H and O–H groups in total. The van der Waals surface area contributed by atoms with Gasteiger partial charge in [0, 0.05) is 46.9 Å². The average molecular weight is 750 g/mol. The van der Waals surface area contributed by atoms with E-state index < -0.39 is 0 Å². The number of benzene rings is 5. The van der Waals surface area contributed by atoms with E-state index in [-0.39, 0.29) is 0 Å². The Kier molecular flexibility index (Phi) is 10.8. The van der Waals surface area contributed by atoms with E-state index in [4.69, 9.17) is 0 Å². The Labute approximate surface area is 333 Å². The number of aromatic nitrogens is 1. The normalized spacial score (nSPS) is 14.5. The van der Waals surface area contributed by atoms with Crippen molar-refractivity contribution in [3.63, 3.8) is 0 Å². The van der Waals surface area contributed by atoms with Gasteiger partial charge in [0.1, 0.15) is 0 Å². The van der Waals surface area contributed by atoms with Crippen molar-refractivity contribution in [1.82, 2.24) is 4.98 Å². The molecular formula is C52H47NS2. The van der Waals surface area contributed by atoms with Gasteiger partial charge in [-0.1, -0.05) is 133 Å². The molecular weight excluding hydrogens is 703 g/mol. The van der Waals surface area contributed by atoms with Crippen LogP contribution in [0.3, 0.4) is 0 Å². The number of thiophene rings is 1. The number of hydrogen-bond acceptors (Lipinski definition) is 2. The number of hydrogen-bond donors (Lipinski definition) is 1. The van der Waals surface area contributed by atoms with E-state index in [2.05, 4.69) is 191 Å². The summed E-state index contributed by atoms with van der Waals surface area (Å²) in [5.74, 6) is 0. The molecule has 272 valence electrons. The zero-order valence-corrected chi connectivity index (χ0v) is 34.0. The molecule has 1 nitrogen and oxygen atoms in total. The number of thioether (sulfide) groups is 1. The first-order valence-corrected chi connectivity index (χ1v) is 21.3. The standard InChI is InChI=1S/C52H47NS2/c1-6-8-16-36(14-7-2)41-19-11-18-38(50(41)54-5)17-10-9-15-35(4)39-28-30-48-46(32-39)47-33-40(29-31-49(47)53-48)43-21-13-23-45-44-22-12-20-42(51(44)55-52(43)45)37-26-24-34(3)25-27-37/h6-16,18-24,26,28-33,53H,17,25,27H2,1-5H3/b8-6+,10-9-,14-7-,35-15+,36-16+. The summed E-state index contributed by atoms with van der Waals surface area (Å²) in [6.07, 6.45) is 27.4. The molecule has 2 heterocycles. The van der Waals surface area contributed by atoms with E-state index in [9.17, 15) is 0 Å². The first-order valence-electron chi connectivity index (χ1n) is 19.3. The molecule has 0 unspecified atom stereocenters. The molecule has 7 aromatic rings. The zero-order chi connectivity index (χ0) is 37.9. The third kappa shape index (κ3) is 7.27. The second kappa shape index (κ2) is 16.2. The van der Waals surface area contributed by atoms with Gasteiger partial charge in [0.05, 0.1) is 0 Å². The van der Waals surface area contributed by atoms with E-state index in [0.29, 0.717) is 0 Å². The number of allylic oxidation sites excluding steroid dienone is 14. The molecule has 0 aliphatic heterocycles. The predicted octanol–water partition coefficient (Wildman–Crippen LogP) is 15.9. The number of aromatic amines is 1. The van der Waals surface area contributed by atoms with Gasteiger partial charge in [-0.05, 0) is 128 Å². The molecule has 0 atom stereocenters. The second-order valence-electron chi connectivity index (χ2n) is 14.4. The van der Waals surface area contributed by atoms with E-state index in [1.54, 1.807) is 0 Å². The van der Waals surface area contributed by atoms with E-state index >= 15 is 0 Å². The van der Waals surface area contributed by atoms with E-state index in [1.807, 2.05) is 23.1 Å². The fourth-order valence-corrected chi connectivity index (χ4v) is 10.1. The Morgan fingerprint density at radius 2 is 1.49 bits per heavy atom. The topological polar surface area (TPSA) is 15.8 Å². The Morgan fingerprint density at radius 3 is 2.24 bits per heavy atom. The molecule has 0 bridgehead atoms. The highest BCUT2D eigenvalue weighted by atomic mass is 32.2. The van der Waals surface area contributed by atoms with E-state index in [0.717, 1.165) is 19.3 Å². The maximum Gasteiger partial charge on any atom is 0.0465 e. The van der Waals surface area contributed by atoms with Crippen LogP contribution in [0.2, 0.25) is 0 Å². The van der Waals surface area contributed by atoms with Gasteiger partial charge in [0.15, 0.2) is 0 Å². The highest BCUT2D eigenvalue weighted by Gasteiger charge is 2.17. The molecule has 0 spiro atoms. The van der Waals surface area contributed by atoms with Crippen LogP contribution < -0.4 is 0 Å². The van der Waals surface area contributed by atoms with Gasteiger partial charge >= 0.3 is 0 Å². The van der Waals surface area contributed by atoms with Crippen molar-refractivity contribution >= 4 is 81.8 Å². The number of fused-ring (bicyclic) bond motifs is 6. The minimum absolute atomic E-state index is 0.883. The summed E-state index contributed by atoms with van der Waals surface area (Å²) in [4.78, 5) is 5.02. The lowest BCUT2D eigenvalue weighted by atomic mass is 9.93. The Hall–Kier alpha value is -5.35. The fraction of sp³-hybridized carbons (Fsp3) is 0.154. The van der Waals surface area contributed by atoms with Gasteiger partial charge in [-0.3, -0.25) is 0 Å². The molecule has 0 amide bonds. The lowest BCUT2D eigenvalue weighted by Gasteiger charge is -2.13.